The number of piperidine rings is 1. The minimum atomic E-state index is -3.42. The molecule has 1 heterocycles. The zero-order valence-corrected chi connectivity index (χ0v) is 12.3. The first-order valence-electron chi connectivity index (χ1n) is 7.20. The van der Waals surface area contributed by atoms with Gasteiger partial charge in [-0.3, -0.25) is 0 Å². The molecule has 0 aromatic heterocycles. The van der Waals surface area contributed by atoms with Gasteiger partial charge in [0.25, 0.3) is 0 Å². The molecule has 2 aliphatic rings. The second-order valence-electron chi connectivity index (χ2n) is 5.60. The summed E-state index contributed by atoms with van der Waals surface area (Å²) in [6, 6.07) is 2.34. The lowest BCUT2D eigenvalue weighted by atomic mass is 10.1. The van der Waals surface area contributed by atoms with Crippen molar-refractivity contribution in [2.45, 2.75) is 50.3 Å². The summed E-state index contributed by atoms with van der Waals surface area (Å²) in [4.78, 5) is 0. The maximum absolute atomic E-state index is 12.2. The highest BCUT2D eigenvalue weighted by molar-refractivity contribution is 7.90. The van der Waals surface area contributed by atoms with Gasteiger partial charge in [0.2, 0.25) is 10.0 Å². The van der Waals surface area contributed by atoms with E-state index in [0.717, 1.165) is 25.3 Å². The molecule has 0 aromatic rings. The smallest absolute Gasteiger partial charge is 0.230 e. The molecule has 5 nitrogen and oxygen atoms in total. The molecule has 2 fully saturated rings. The molecule has 0 bridgehead atoms. The van der Waals surface area contributed by atoms with Crippen LogP contribution < -0.4 is 5.32 Å². The second kappa shape index (κ2) is 6.21. The fourth-order valence-corrected chi connectivity index (χ4v) is 4.15. The van der Waals surface area contributed by atoms with E-state index in [4.69, 9.17) is 5.26 Å². The van der Waals surface area contributed by atoms with E-state index >= 15 is 0 Å². The summed E-state index contributed by atoms with van der Waals surface area (Å²) in [5, 5.41) is 11.6. The first-order valence-corrected chi connectivity index (χ1v) is 8.70. The second-order valence-corrected chi connectivity index (χ2v) is 7.71. The summed E-state index contributed by atoms with van der Waals surface area (Å²) in [5.41, 5.74) is 0. The number of rotatable bonds is 6. The Bertz CT molecular complexity index is 431. The number of nitrogens with zero attached hydrogens (tertiary/aromatic N) is 2. The first kappa shape index (κ1) is 14.8. The third kappa shape index (κ3) is 3.68. The summed E-state index contributed by atoms with van der Waals surface area (Å²) >= 11 is 0. The fraction of sp³-hybridized carbons (Fsp3) is 0.923. The molecule has 19 heavy (non-hydrogen) atoms. The van der Waals surface area contributed by atoms with E-state index in [1.54, 1.807) is 6.92 Å². The van der Waals surface area contributed by atoms with E-state index in [2.05, 4.69) is 5.32 Å². The quantitative estimate of drug-likeness (QED) is 0.792. The van der Waals surface area contributed by atoms with Gasteiger partial charge in [-0.2, -0.15) is 5.26 Å². The molecule has 0 amide bonds. The topological polar surface area (TPSA) is 73.2 Å². The molecule has 1 aliphatic heterocycles. The Balaban J connectivity index is 1.83. The summed E-state index contributed by atoms with van der Waals surface area (Å²) in [5.74, 6) is 0.852. The molecule has 1 saturated carbocycles. The van der Waals surface area contributed by atoms with Gasteiger partial charge in [0.1, 0.15) is 0 Å². The highest BCUT2D eigenvalue weighted by Gasteiger charge is 2.34. The van der Waals surface area contributed by atoms with Crippen LogP contribution in [0.3, 0.4) is 0 Å². The van der Waals surface area contributed by atoms with Crippen molar-refractivity contribution in [3.63, 3.8) is 0 Å². The number of nitriles is 1. The standard InChI is InChI=1S/C13H23N3O2S/c1-2-13(9-14)19(17,18)16-7-5-12(6-8-16)15-10-11-3-4-11/h11-13,15H,2-8,10H2,1H3. The molecule has 2 rings (SSSR count). The SMILES string of the molecule is CCC(C#N)S(=O)(=O)N1CCC(NCC2CC2)CC1. The highest BCUT2D eigenvalue weighted by Crippen LogP contribution is 2.28. The van der Waals surface area contributed by atoms with Crippen molar-refractivity contribution in [2.24, 2.45) is 5.92 Å². The Morgan fingerprint density at radius 2 is 1.95 bits per heavy atom. The van der Waals surface area contributed by atoms with Gasteiger partial charge in [-0.05, 0) is 44.6 Å². The number of nitrogens with one attached hydrogen (secondary N) is 1. The van der Waals surface area contributed by atoms with Gasteiger partial charge in [0.15, 0.2) is 5.25 Å². The summed E-state index contributed by atoms with van der Waals surface area (Å²) < 4.78 is 25.9. The van der Waals surface area contributed by atoms with Crippen LogP contribution in [0.5, 0.6) is 0 Å². The van der Waals surface area contributed by atoms with Crippen LogP contribution in [-0.2, 0) is 10.0 Å². The molecule has 0 radical (unpaired) electrons. The first-order chi connectivity index (χ1) is 9.07. The van der Waals surface area contributed by atoms with Gasteiger partial charge in [0.05, 0.1) is 6.07 Å². The van der Waals surface area contributed by atoms with Crippen LogP contribution in [0.2, 0.25) is 0 Å². The predicted octanol–water partition coefficient (Wildman–Crippen LogP) is 1.08. The normalized spacial score (nSPS) is 24.0. The van der Waals surface area contributed by atoms with E-state index in [1.165, 1.54) is 17.1 Å². The minimum Gasteiger partial charge on any atom is -0.314 e. The van der Waals surface area contributed by atoms with Crippen LogP contribution in [0.15, 0.2) is 0 Å². The van der Waals surface area contributed by atoms with Gasteiger partial charge in [-0.25, -0.2) is 12.7 Å². The van der Waals surface area contributed by atoms with Crippen molar-refractivity contribution in [3.05, 3.63) is 0 Å². The molecule has 1 atom stereocenters. The van der Waals surface area contributed by atoms with Crippen LogP contribution in [0.25, 0.3) is 0 Å². The lowest BCUT2D eigenvalue weighted by Crippen LogP contribution is -2.47. The lowest BCUT2D eigenvalue weighted by molar-refractivity contribution is 0.286. The van der Waals surface area contributed by atoms with E-state index in [-0.39, 0.29) is 0 Å². The molecule has 6 heteroatoms. The summed E-state index contributed by atoms with van der Waals surface area (Å²) in [7, 11) is -3.42. The molecule has 1 N–H and O–H groups in total. The zero-order valence-electron chi connectivity index (χ0n) is 11.5. The number of hydrogen-bond acceptors (Lipinski definition) is 4. The fourth-order valence-electron chi connectivity index (χ4n) is 2.52. The van der Waals surface area contributed by atoms with E-state index in [0.29, 0.717) is 25.6 Å². The Kier molecular flexibility index (Phi) is 4.82. The Labute approximate surface area is 116 Å². The van der Waals surface area contributed by atoms with Gasteiger partial charge in [-0.15, -0.1) is 0 Å². The van der Waals surface area contributed by atoms with Crippen molar-refractivity contribution in [1.29, 1.82) is 5.26 Å². The predicted molar refractivity (Wildman–Crippen MR) is 73.9 cm³/mol. The van der Waals surface area contributed by atoms with Gasteiger partial charge in [0, 0.05) is 19.1 Å². The maximum atomic E-state index is 12.2. The van der Waals surface area contributed by atoms with E-state index < -0.39 is 15.3 Å². The number of sulfonamides is 1. The van der Waals surface area contributed by atoms with E-state index in [9.17, 15) is 8.42 Å². The molecule has 0 aromatic carbocycles. The molecule has 1 aliphatic carbocycles. The van der Waals surface area contributed by atoms with Crippen LogP contribution in [0, 0.1) is 17.2 Å². The van der Waals surface area contributed by atoms with Crippen molar-refractivity contribution in [3.8, 4) is 6.07 Å². The average Bonchev–Trinajstić information content (AvgIpc) is 3.22. The monoisotopic (exact) mass is 285 g/mol. The maximum Gasteiger partial charge on any atom is 0.230 e. The zero-order chi connectivity index (χ0) is 13.9. The molecular formula is C13H23N3O2S. The van der Waals surface area contributed by atoms with Gasteiger partial charge in [-0.1, -0.05) is 6.92 Å². The lowest BCUT2D eigenvalue weighted by Gasteiger charge is -2.32. The third-order valence-corrected chi connectivity index (χ3v) is 6.32. The van der Waals surface area contributed by atoms with Crippen LogP contribution in [0.1, 0.15) is 39.0 Å². The molecule has 0 spiro atoms. The van der Waals surface area contributed by atoms with Crippen molar-refractivity contribution < 1.29 is 8.42 Å². The minimum absolute atomic E-state index is 0.360. The summed E-state index contributed by atoms with van der Waals surface area (Å²) in [6.45, 7) is 3.91. The van der Waals surface area contributed by atoms with Crippen molar-refractivity contribution in [1.82, 2.24) is 9.62 Å². The Hall–Kier alpha value is -0.640. The van der Waals surface area contributed by atoms with Crippen LogP contribution >= 0.6 is 0 Å². The Morgan fingerprint density at radius 3 is 2.42 bits per heavy atom. The molecule has 1 saturated heterocycles. The van der Waals surface area contributed by atoms with Gasteiger partial charge < -0.3 is 5.32 Å². The van der Waals surface area contributed by atoms with Gasteiger partial charge >= 0.3 is 0 Å². The summed E-state index contributed by atoms with van der Waals surface area (Å²) in [6.07, 6.45) is 4.74. The van der Waals surface area contributed by atoms with E-state index in [1.807, 2.05) is 6.07 Å². The van der Waals surface area contributed by atoms with Crippen LogP contribution in [-0.4, -0.2) is 43.6 Å². The van der Waals surface area contributed by atoms with Crippen molar-refractivity contribution >= 4 is 10.0 Å². The number of hydrogen-bond donors (Lipinski definition) is 1. The average molecular weight is 285 g/mol. The highest BCUT2D eigenvalue weighted by atomic mass is 32.2. The van der Waals surface area contributed by atoms with Crippen LogP contribution in [0.4, 0.5) is 0 Å². The molecule has 108 valence electrons. The molecule has 1 unspecified atom stereocenters. The van der Waals surface area contributed by atoms with Crippen molar-refractivity contribution in [2.75, 3.05) is 19.6 Å². The third-order valence-electron chi connectivity index (χ3n) is 4.08. The molecular weight excluding hydrogens is 262 g/mol. The largest absolute Gasteiger partial charge is 0.314 e. The Morgan fingerprint density at radius 1 is 1.32 bits per heavy atom.